The fourth-order valence-electron chi connectivity index (χ4n) is 2.25. The molecule has 0 fully saturated rings. The van der Waals surface area contributed by atoms with Crippen molar-refractivity contribution in [1.29, 1.82) is 0 Å². The minimum atomic E-state index is -0.462. The summed E-state index contributed by atoms with van der Waals surface area (Å²) < 4.78 is 12.2. The van der Waals surface area contributed by atoms with Crippen molar-refractivity contribution in [3.8, 4) is 0 Å². The lowest BCUT2D eigenvalue weighted by Gasteiger charge is -2.29. The Balaban J connectivity index is 2.22. The zero-order valence-corrected chi connectivity index (χ0v) is 8.12. The first kappa shape index (κ1) is 9.66. The van der Waals surface area contributed by atoms with E-state index >= 15 is 0 Å². The Morgan fingerprint density at radius 2 is 2.14 bits per heavy atom. The molecular formula is C12H15FO. The molecule has 2 heteroatoms. The van der Waals surface area contributed by atoms with Gasteiger partial charge in [-0.3, -0.25) is 4.39 Å². The van der Waals surface area contributed by atoms with Crippen LogP contribution in [0.4, 0.5) is 4.39 Å². The molecule has 0 saturated heterocycles. The predicted octanol–water partition coefficient (Wildman–Crippen LogP) is 2.64. The van der Waals surface area contributed by atoms with Gasteiger partial charge >= 0.3 is 0 Å². The van der Waals surface area contributed by atoms with Gasteiger partial charge in [-0.2, -0.15) is 0 Å². The Labute approximate surface area is 83.6 Å². The molecule has 1 aliphatic rings. The molecule has 1 aromatic rings. The molecule has 2 atom stereocenters. The van der Waals surface area contributed by atoms with E-state index in [1.807, 2.05) is 24.3 Å². The maximum Gasteiger partial charge on any atom is 0.0898 e. The van der Waals surface area contributed by atoms with E-state index in [-0.39, 0.29) is 12.6 Å². The monoisotopic (exact) mass is 194 g/mol. The van der Waals surface area contributed by atoms with Crippen molar-refractivity contribution in [1.82, 2.24) is 0 Å². The van der Waals surface area contributed by atoms with Crippen molar-refractivity contribution < 1.29 is 9.50 Å². The molecule has 0 aliphatic heterocycles. The second kappa shape index (κ2) is 4.09. The molecule has 0 saturated carbocycles. The standard InChI is InChI=1S/C12H15FO/c13-8-7-10-6-5-9-3-1-2-4-11(9)12(10)14/h1-4,10,12,14H,5-8H2. The number of alkyl halides is 1. The number of hydrogen-bond donors (Lipinski definition) is 1. The van der Waals surface area contributed by atoms with Crippen LogP contribution in [0.5, 0.6) is 0 Å². The van der Waals surface area contributed by atoms with Gasteiger partial charge in [0.05, 0.1) is 12.8 Å². The van der Waals surface area contributed by atoms with Crippen LogP contribution in [0, 0.1) is 5.92 Å². The summed E-state index contributed by atoms with van der Waals surface area (Å²) in [4.78, 5) is 0. The molecule has 0 amide bonds. The highest BCUT2D eigenvalue weighted by Crippen LogP contribution is 2.35. The number of halogens is 1. The topological polar surface area (TPSA) is 20.2 Å². The van der Waals surface area contributed by atoms with E-state index in [2.05, 4.69) is 0 Å². The van der Waals surface area contributed by atoms with Gasteiger partial charge in [-0.15, -0.1) is 0 Å². The van der Waals surface area contributed by atoms with Gasteiger partial charge in [0.15, 0.2) is 0 Å². The summed E-state index contributed by atoms with van der Waals surface area (Å²) in [7, 11) is 0. The van der Waals surface area contributed by atoms with E-state index in [1.165, 1.54) is 5.56 Å². The van der Waals surface area contributed by atoms with Crippen molar-refractivity contribution >= 4 is 0 Å². The SMILES string of the molecule is OC1c2ccccc2CCC1CCF. The summed E-state index contributed by atoms with van der Waals surface area (Å²) in [6.45, 7) is -0.329. The molecule has 0 heterocycles. The number of aryl methyl sites for hydroxylation is 1. The first-order valence-electron chi connectivity index (χ1n) is 5.14. The van der Waals surface area contributed by atoms with Crippen LogP contribution in [-0.2, 0) is 6.42 Å². The lowest BCUT2D eigenvalue weighted by Crippen LogP contribution is -2.20. The highest BCUT2D eigenvalue weighted by atomic mass is 19.1. The van der Waals surface area contributed by atoms with Gasteiger partial charge in [-0.25, -0.2) is 0 Å². The molecular weight excluding hydrogens is 179 g/mol. The number of fused-ring (bicyclic) bond motifs is 1. The summed E-state index contributed by atoms with van der Waals surface area (Å²) in [5.41, 5.74) is 2.22. The lowest BCUT2D eigenvalue weighted by molar-refractivity contribution is 0.0841. The molecule has 1 N–H and O–H groups in total. The Bertz CT molecular complexity index is 311. The van der Waals surface area contributed by atoms with Crippen LogP contribution in [0.15, 0.2) is 24.3 Å². The average molecular weight is 194 g/mol. The summed E-state index contributed by atoms with van der Waals surface area (Å²) in [6, 6.07) is 7.91. The van der Waals surface area contributed by atoms with Crippen LogP contribution >= 0.6 is 0 Å². The molecule has 1 aliphatic carbocycles. The summed E-state index contributed by atoms with van der Waals surface area (Å²) in [5, 5.41) is 9.99. The van der Waals surface area contributed by atoms with Gasteiger partial charge in [0.25, 0.3) is 0 Å². The summed E-state index contributed by atoms with van der Waals surface area (Å²) in [5.74, 6) is 0.106. The van der Waals surface area contributed by atoms with Gasteiger partial charge in [-0.1, -0.05) is 24.3 Å². The minimum Gasteiger partial charge on any atom is -0.388 e. The lowest BCUT2D eigenvalue weighted by atomic mass is 9.80. The molecule has 2 unspecified atom stereocenters. The quantitative estimate of drug-likeness (QED) is 0.767. The van der Waals surface area contributed by atoms with Gasteiger partial charge in [0, 0.05) is 0 Å². The molecule has 0 radical (unpaired) electrons. The molecule has 1 nitrogen and oxygen atoms in total. The average Bonchev–Trinajstić information content (AvgIpc) is 2.23. The molecule has 1 aromatic carbocycles. The molecule has 14 heavy (non-hydrogen) atoms. The molecule has 76 valence electrons. The van der Waals surface area contributed by atoms with Crippen LogP contribution in [0.2, 0.25) is 0 Å². The van der Waals surface area contributed by atoms with Crippen LogP contribution < -0.4 is 0 Å². The third kappa shape index (κ3) is 1.67. The fourth-order valence-corrected chi connectivity index (χ4v) is 2.25. The maximum absolute atomic E-state index is 12.2. The van der Waals surface area contributed by atoms with E-state index < -0.39 is 6.10 Å². The van der Waals surface area contributed by atoms with Crippen molar-refractivity contribution in [2.75, 3.05) is 6.67 Å². The number of hydrogen-bond acceptors (Lipinski definition) is 1. The van der Waals surface area contributed by atoms with Crippen LogP contribution in [-0.4, -0.2) is 11.8 Å². The van der Waals surface area contributed by atoms with Gasteiger partial charge in [0.2, 0.25) is 0 Å². The number of rotatable bonds is 2. The highest BCUT2D eigenvalue weighted by molar-refractivity contribution is 5.31. The second-order valence-electron chi connectivity index (χ2n) is 3.92. The van der Waals surface area contributed by atoms with Crippen LogP contribution in [0.25, 0.3) is 0 Å². The Kier molecular flexibility index (Phi) is 2.82. The second-order valence-corrected chi connectivity index (χ2v) is 3.92. The van der Waals surface area contributed by atoms with Gasteiger partial charge < -0.3 is 5.11 Å². The largest absolute Gasteiger partial charge is 0.388 e. The van der Waals surface area contributed by atoms with E-state index in [0.29, 0.717) is 6.42 Å². The predicted molar refractivity (Wildman–Crippen MR) is 53.8 cm³/mol. The fraction of sp³-hybridized carbons (Fsp3) is 0.500. The smallest absolute Gasteiger partial charge is 0.0898 e. The Morgan fingerprint density at radius 1 is 1.36 bits per heavy atom. The summed E-state index contributed by atoms with van der Waals surface area (Å²) >= 11 is 0. The van der Waals surface area contributed by atoms with Crippen molar-refractivity contribution in [3.63, 3.8) is 0 Å². The number of benzene rings is 1. The molecule has 0 spiro atoms. The van der Waals surface area contributed by atoms with E-state index in [9.17, 15) is 9.50 Å². The Hall–Kier alpha value is -0.890. The molecule has 0 bridgehead atoms. The first-order valence-corrected chi connectivity index (χ1v) is 5.14. The van der Waals surface area contributed by atoms with Gasteiger partial charge in [-0.05, 0) is 36.3 Å². The van der Waals surface area contributed by atoms with Crippen molar-refractivity contribution in [2.24, 2.45) is 5.92 Å². The third-order valence-corrected chi connectivity index (χ3v) is 3.08. The van der Waals surface area contributed by atoms with Crippen LogP contribution in [0.1, 0.15) is 30.1 Å². The first-order chi connectivity index (χ1) is 6.83. The number of aliphatic hydroxyl groups excluding tert-OH is 1. The molecule has 0 aromatic heterocycles. The number of aliphatic hydroxyl groups is 1. The van der Waals surface area contributed by atoms with E-state index in [0.717, 1.165) is 18.4 Å². The zero-order valence-electron chi connectivity index (χ0n) is 8.12. The highest BCUT2D eigenvalue weighted by Gasteiger charge is 2.26. The Morgan fingerprint density at radius 3 is 2.93 bits per heavy atom. The van der Waals surface area contributed by atoms with Crippen molar-refractivity contribution in [3.05, 3.63) is 35.4 Å². The maximum atomic E-state index is 12.2. The van der Waals surface area contributed by atoms with Gasteiger partial charge in [0.1, 0.15) is 0 Å². The summed E-state index contributed by atoms with van der Waals surface area (Å²) in [6.07, 6.45) is 1.89. The van der Waals surface area contributed by atoms with Crippen LogP contribution in [0.3, 0.4) is 0 Å². The zero-order chi connectivity index (χ0) is 9.97. The normalized spacial score (nSPS) is 25.9. The van der Waals surface area contributed by atoms with E-state index in [4.69, 9.17) is 0 Å². The van der Waals surface area contributed by atoms with E-state index in [1.54, 1.807) is 0 Å². The minimum absolute atomic E-state index is 0.106. The molecule has 2 rings (SSSR count). The third-order valence-electron chi connectivity index (χ3n) is 3.08. The van der Waals surface area contributed by atoms with Crippen molar-refractivity contribution in [2.45, 2.75) is 25.4 Å².